The zero-order chi connectivity index (χ0) is 12.3. The molecule has 6 heteroatoms. The van der Waals surface area contributed by atoms with Gasteiger partial charge in [0.1, 0.15) is 0 Å². The second-order valence-corrected chi connectivity index (χ2v) is 3.62. The number of aryl methyl sites for hydroxylation is 1. The van der Waals surface area contributed by atoms with Gasteiger partial charge in [0.05, 0.1) is 12.1 Å². The van der Waals surface area contributed by atoms with Crippen molar-refractivity contribution < 1.29 is 9.32 Å². The summed E-state index contributed by atoms with van der Waals surface area (Å²) in [5.41, 5.74) is 7.67. The van der Waals surface area contributed by atoms with Crippen molar-refractivity contribution >= 4 is 11.6 Å². The van der Waals surface area contributed by atoms with Gasteiger partial charge in [-0.15, -0.1) is 0 Å². The summed E-state index contributed by atoms with van der Waals surface area (Å²) >= 11 is 0. The number of nitrogens with two attached hydrogens (primary N) is 1. The van der Waals surface area contributed by atoms with Gasteiger partial charge in [-0.05, 0) is 24.6 Å². The summed E-state index contributed by atoms with van der Waals surface area (Å²) in [5.74, 6) is 0.163. The number of carbonyl (C=O) groups excluding carboxylic acids is 1. The van der Waals surface area contributed by atoms with Crippen LogP contribution in [0.15, 0.2) is 29.1 Å². The quantitative estimate of drug-likeness (QED) is 0.766. The number of nitrogens with zero attached hydrogens (tertiary/aromatic N) is 2. The smallest absolute Gasteiger partial charge is 0.253 e. The summed E-state index contributed by atoms with van der Waals surface area (Å²) in [6.45, 7) is 2.13. The lowest BCUT2D eigenvalue weighted by Gasteiger charge is -2.06. The topological polar surface area (TPSA) is 94.0 Å². The molecule has 6 nitrogen and oxygen atoms in total. The molecular formula is C11H12N4O2. The molecule has 1 aromatic heterocycles. The van der Waals surface area contributed by atoms with Crippen molar-refractivity contribution in [2.24, 2.45) is 0 Å². The maximum atomic E-state index is 11.8. The van der Waals surface area contributed by atoms with Crippen LogP contribution < -0.4 is 11.1 Å². The largest absolute Gasteiger partial charge is 0.398 e. The molecule has 1 aromatic carbocycles. The monoisotopic (exact) mass is 232 g/mol. The number of hydrogen-bond acceptors (Lipinski definition) is 5. The van der Waals surface area contributed by atoms with Gasteiger partial charge in [0, 0.05) is 5.69 Å². The average molecular weight is 232 g/mol. The molecule has 0 saturated heterocycles. The highest BCUT2D eigenvalue weighted by atomic mass is 16.5. The molecule has 3 N–H and O–H groups in total. The molecule has 0 spiro atoms. The number of aromatic nitrogens is 2. The van der Waals surface area contributed by atoms with E-state index in [1.54, 1.807) is 12.1 Å². The van der Waals surface area contributed by atoms with Crippen molar-refractivity contribution in [1.82, 2.24) is 15.5 Å². The Bertz CT molecular complexity index is 522. The first-order valence-electron chi connectivity index (χ1n) is 5.06. The fourth-order valence-electron chi connectivity index (χ4n) is 1.41. The Hall–Kier alpha value is -2.37. The molecule has 0 unspecified atom stereocenters. The highest BCUT2D eigenvalue weighted by Gasteiger charge is 2.10. The Morgan fingerprint density at radius 1 is 1.53 bits per heavy atom. The van der Waals surface area contributed by atoms with Crippen molar-refractivity contribution in [3.63, 3.8) is 0 Å². The van der Waals surface area contributed by atoms with Crippen LogP contribution in [0.3, 0.4) is 0 Å². The summed E-state index contributed by atoms with van der Waals surface area (Å²) in [4.78, 5) is 15.6. The number of nitrogens with one attached hydrogen (secondary N) is 1. The highest BCUT2D eigenvalue weighted by Crippen LogP contribution is 2.13. The third kappa shape index (κ3) is 2.60. The van der Waals surface area contributed by atoms with Gasteiger partial charge in [-0.2, -0.15) is 4.98 Å². The van der Waals surface area contributed by atoms with E-state index in [4.69, 9.17) is 5.73 Å². The zero-order valence-corrected chi connectivity index (χ0v) is 9.30. The average Bonchev–Trinajstić information content (AvgIpc) is 2.78. The van der Waals surface area contributed by atoms with E-state index in [2.05, 4.69) is 20.0 Å². The van der Waals surface area contributed by atoms with E-state index in [-0.39, 0.29) is 12.5 Å². The second-order valence-electron chi connectivity index (χ2n) is 3.62. The van der Waals surface area contributed by atoms with E-state index in [9.17, 15) is 4.79 Å². The summed E-state index contributed by atoms with van der Waals surface area (Å²) in [7, 11) is 0. The van der Waals surface area contributed by atoms with Gasteiger partial charge in [-0.1, -0.05) is 11.2 Å². The van der Waals surface area contributed by atoms with Crippen LogP contribution in [-0.2, 0) is 6.54 Å². The standard InChI is InChI=1S/C11H12N4O2/c1-7-2-3-8(9(12)4-7)11(16)13-5-10-14-6-17-15-10/h2-4,6H,5,12H2,1H3,(H,13,16). The third-order valence-electron chi connectivity index (χ3n) is 2.27. The van der Waals surface area contributed by atoms with Gasteiger partial charge >= 0.3 is 0 Å². The van der Waals surface area contributed by atoms with Crippen molar-refractivity contribution in [1.29, 1.82) is 0 Å². The first-order valence-corrected chi connectivity index (χ1v) is 5.06. The van der Waals surface area contributed by atoms with Gasteiger partial charge in [0.2, 0.25) is 6.39 Å². The predicted molar refractivity (Wildman–Crippen MR) is 61.1 cm³/mol. The zero-order valence-electron chi connectivity index (χ0n) is 9.30. The fraction of sp³-hybridized carbons (Fsp3) is 0.182. The molecule has 17 heavy (non-hydrogen) atoms. The van der Waals surface area contributed by atoms with E-state index < -0.39 is 0 Å². The normalized spacial score (nSPS) is 10.2. The van der Waals surface area contributed by atoms with E-state index in [1.807, 2.05) is 13.0 Å². The van der Waals surface area contributed by atoms with Gasteiger partial charge in [0.15, 0.2) is 5.82 Å². The van der Waals surface area contributed by atoms with Gasteiger partial charge in [-0.25, -0.2) is 0 Å². The van der Waals surface area contributed by atoms with Gasteiger partial charge in [-0.3, -0.25) is 4.79 Å². The van der Waals surface area contributed by atoms with E-state index in [0.717, 1.165) is 5.56 Å². The number of amides is 1. The first kappa shape index (κ1) is 11.1. The Labute approximate surface area is 97.8 Å². The molecule has 0 atom stereocenters. The summed E-state index contributed by atoms with van der Waals surface area (Å²) in [6, 6.07) is 5.28. The summed E-state index contributed by atoms with van der Waals surface area (Å²) in [6.07, 6.45) is 1.21. The number of carbonyl (C=O) groups is 1. The summed E-state index contributed by atoms with van der Waals surface area (Å²) in [5, 5.41) is 6.24. The lowest BCUT2D eigenvalue weighted by atomic mass is 10.1. The van der Waals surface area contributed by atoms with Crippen LogP contribution in [-0.4, -0.2) is 16.0 Å². The molecule has 2 aromatic rings. The molecule has 0 aliphatic rings. The maximum Gasteiger partial charge on any atom is 0.253 e. The maximum absolute atomic E-state index is 11.8. The van der Waals surface area contributed by atoms with E-state index in [1.165, 1.54) is 6.39 Å². The molecule has 0 aliphatic heterocycles. The minimum absolute atomic E-state index is 0.211. The van der Waals surface area contributed by atoms with Gasteiger partial charge < -0.3 is 15.6 Å². The fourth-order valence-corrected chi connectivity index (χ4v) is 1.41. The molecule has 2 rings (SSSR count). The molecule has 0 aliphatic carbocycles. The Morgan fingerprint density at radius 2 is 2.35 bits per heavy atom. The Kier molecular flexibility index (Phi) is 3.04. The molecular weight excluding hydrogens is 220 g/mol. The molecule has 0 radical (unpaired) electrons. The third-order valence-corrected chi connectivity index (χ3v) is 2.27. The van der Waals surface area contributed by atoms with Crippen molar-refractivity contribution in [3.05, 3.63) is 41.5 Å². The summed E-state index contributed by atoms with van der Waals surface area (Å²) < 4.78 is 4.55. The number of nitrogen functional groups attached to an aromatic ring is 1. The number of rotatable bonds is 3. The van der Waals surface area contributed by atoms with Crippen LogP contribution in [0.25, 0.3) is 0 Å². The number of benzene rings is 1. The minimum atomic E-state index is -0.257. The van der Waals surface area contributed by atoms with E-state index >= 15 is 0 Å². The second kappa shape index (κ2) is 4.65. The van der Waals surface area contributed by atoms with Crippen LogP contribution in [0.4, 0.5) is 5.69 Å². The number of anilines is 1. The minimum Gasteiger partial charge on any atom is -0.398 e. The Balaban J connectivity index is 2.04. The van der Waals surface area contributed by atoms with Crippen molar-refractivity contribution in [3.8, 4) is 0 Å². The van der Waals surface area contributed by atoms with Crippen molar-refractivity contribution in [2.75, 3.05) is 5.73 Å². The van der Waals surface area contributed by atoms with Crippen molar-refractivity contribution in [2.45, 2.75) is 13.5 Å². The number of hydrogen-bond donors (Lipinski definition) is 2. The van der Waals surface area contributed by atoms with E-state index in [0.29, 0.717) is 17.1 Å². The molecule has 1 amide bonds. The molecule has 88 valence electrons. The first-order chi connectivity index (χ1) is 8.16. The lowest BCUT2D eigenvalue weighted by molar-refractivity contribution is 0.0950. The predicted octanol–water partition coefficient (Wildman–Crippen LogP) is 0.890. The highest BCUT2D eigenvalue weighted by molar-refractivity contribution is 5.99. The van der Waals surface area contributed by atoms with Crippen LogP contribution >= 0.6 is 0 Å². The molecule has 0 fully saturated rings. The van der Waals surface area contributed by atoms with Crippen LogP contribution in [0.5, 0.6) is 0 Å². The molecule has 0 bridgehead atoms. The Morgan fingerprint density at radius 3 is 3.00 bits per heavy atom. The SMILES string of the molecule is Cc1ccc(C(=O)NCc2ncon2)c(N)c1. The lowest BCUT2D eigenvalue weighted by Crippen LogP contribution is -2.24. The van der Waals surface area contributed by atoms with Crippen LogP contribution in [0.2, 0.25) is 0 Å². The van der Waals surface area contributed by atoms with Crippen LogP contribution in [0, 0.1) is 6.92 Å². The molecule has 0 saturated carbocycles. The van der Waals surface area contributed by atoms with Gasteiger partial charge in [0.25, 0.3) is 5.91 Å². The van der Waals surface area contributed by atoms with Crippen LogP contribution in [0.1, 0.15) is 21.7 Å². The molecule has 1 heterocycles.